The van der Waals surface area contributed by atoms with E-state index in [-0.39, 0.29) is 18.1 Å². The van der Waals surface area contributed by atoms with Crippen LogP contribution in [0.2, 0.25) is 0 Å². The Bertz CT molecular complexity index is 213. The van der Waals surface area contributed by atoms with Gasteiger partial charge in [-0.05, 0) is 18.9 Å². The molecule has 0 aliphatic heterocycles. The van der Waals surface area contributed by atoms with Crippen molar-refractivity contribution in [1.82, 2.24) is 0 Å². The zero-order valence-corrected chi connectivity index (χ0v) is 5.76. The molecular formula is C7H10O3. The Morgan fingerprint density at radius 3 is 2.10 bits per heavy atom. The molecule has 0 unspecified atom stereocenters. The van der Waals surface area contributed by atoms with Crippen LogP contribution in [0, 0.1) is 0 Å². The summed E-state index contributed by atoms with van der Waals surface area (Å²) in [6, 6.07) is 0. The summed E-state index contributed by atoms with van der Waals surface area (Å²) < 4.78 is 0. The van der Waals surface area contributed by atoms with E-state index in [0.717, 1.165) is 0 Å². The lowest BCUT2D eigenvalue weighted by molar-refractivity contribution is 0.299. The maximum atomic E-state index is 9.04. The number of aliphatic hydroxyl groups is 3. The maximum Gasteiger partial charge on any atom is 0.159 e. The van der Waals surface area contributed by atoms with Crippen LogP contribution in [0.3, 0.4) is 0 Å². The van der Waals surface area contributed by atoms with Crippen LogP contribution >= 0.6 is 0 Å². The van der Waals surface area contributed by atoms with Crippen LogP contribution in [0.4, 0.5) is 0 Å². The standard InChI is InChI=1S/C7H10O3/c1-4-2-5(3-8)7(10)6(4)9/h8-10H,2-3H2,1H3. The van der Waals surface area contributed by atoms with Gasteiger partial charge in [0.05, 0.1) is 6.61 Å². The molecule has 0 bridgehead atoms. The Labute approximate surface area is 58.9 Å². The largest absolute Gasteiger partial charge is 0.504 e. The van der Waals surface area contributed by atoms with Gasteiger partial charge >= 0.3 is 0 Å². The van der Waals surface area contributed by atoms with E-state index < -0.39 is 0 Å². The molecule has 1 rings (SSSR count). The van der Waals surface area contributed by atoms with Crippen LogP contribution < -0.4 is 0 Å². The number of hydrogen-bond donors (Lipinski definition) is 3. The van der Waals surface area contributed by atoms with E-state index in [2.05, 4.69) is 0 Å². The van der Waals surface area contributed by atoms with Crippen molar-refractivity contribution in [2.75, 3.05) is 6.61 Å². The lowest BCUT2D eigenvalue weighted by atomic mass is 10.2. The second kappa shape index (κ2) is 2.34. The highest BCUT2D eigenvalue weighted by molar-refractivity contribution is 5.38. The van der Waals surface area contributed by atoms with Crippen molar-refractivity contribution in [1.29, 1.82) is 0 Å². The second-order valence-electron chi connectivity index (χ2n) is 2.42. The van der Waals surface area contributed by atoms with Gasteiger partial charge in [0.2, 0.25) is 0 Å². The molecule has 0 aromatic heterocycles. The highest BCUT2D eigenvalue weighted by Crippen LogP contribution is 2.27. The summed E-state index contributed by atoms with van der Waals surface area (Å²) in [5.41, 5.74) is 1.21. The zero-order valence-electron chi connectivity index (χ0n) is 5.76. The van der Waals surface area contributed by atoms with E-state index >= 15 is 0 Å². The van der Waals surface area contributed by atoms with Crippen LogP contribution in [-0.4, -0.2) is 21.9 Å². The summed E-state index contributed by atoms with van der Waals surface area (Å²) in [5.74, 6) is -0.232. The monoisotopic (exact) mass is 142 g/mol. The van der Waals surface area contributed by atoms with Gasteiger partial charge in [-0.15, -0.1) is 0 Å². The van der Waals surface area contributed by atoms with Gasteiger partial charge in [0.1, 0.15) is 0 Å². The molecule has 0 spiro atoms. The van der Waals surface area contributed by atoms with Crippen LogP contribution in [0.25, 0.3) is 0 Å². The molecule has 0 fully saturated rings. The molecule has 3 nitrogen and oxygen atoms in total. The smallest absolute Gasteiger partial charge is 0.159 e. The van der Waals surface area contributed by atoms with Crippen molar-refractivity contribution in [2.45, 2.75) is 13.3 Å². The van der Waals surface area contributed by atoms with Gasteiger partial charge in [0.15, 0.2) is 11.5 Å². The Kier molecular flexibility index (Phi) is 1.68. The quantitative estimate of drug-likeness (QED) is 0.512. The molecule has 0 saturated heterocycles. The topological polar surface area (TPSA) is 60.7 Å². The maximum absolute atomic E-state index is 9.04. The summed E-state index contributed by atoms with van der Waals surface area (Å²) in [7, 11) is 0. The molecular weight excluding hydrogens is 132 g/mol. The van der Waals surface area contributed by atoms with Gasteiger partial charge in [0.25, 0.3) is 0 Å². The van der Waals surface area contributed by atoms with Crippen molar-refractivity contribution in [3.8, 4) is 0 Å². The molecule has 0 heterocycles. The molecule has 3 N–H and O–H groups in total. The number of aliphatic hydroxyl groups excluding tert-OH is 3. The molecule has 0 amide bonds. The molecule has 1 aliphatic rings. The van der Waals surface area contributed by atoms with Gasteiger partial charge in [-0.3, -0.25) is 0 Å². The molecule has 0 aromatic rings. The first kappa shape index (κ1) is 7.15. The Morgan fingerprint density at radius 1 is 1.30 bits per heavy atom. The Morgan fingerprint density at radius 2 is 1.90 bits per heavy atom. The van der Waals surface area contributed by atoms with E-state index in [9.17, 15) is 0 Å². The van der Waals surface area contributed by atoms with Gasteiger partial charge in [-0.2, -0.15) is 0 Å². The van der Waals surface area contributed by atoms with Crippen molar-refractivity contribution in [3.05, 3.63) is 22.7 Å². The van der Waals surface area contributed by atoms with Gasteiger partial charge in [-0.1, -0.05) is 0 Å². The predicted octanol–water partition coefficient (Wildman–Crippen LogP) is 1.03. The first-order valence-corrected chi connectivity index (χ1v) is 3.07. The van der Waals surface area contributed by atoms with Crippen LogP contribution in [-0.2, 0) is 0 Å². The zero-order chi connectivity index (χ0) is 7.72. The molecule has 0 saturated carbocycles. The van der Waals surface area contributed by atoms with Crippen molar-refractivity contribution < 1.29 is 15.3 Å². The Hall–Kier alpha value is -0.960. The fraction of sp³-hybridized carbons (Fsp3) is 0.429. The summed E-state index contributed by atoms with van der Waals surface area (Å²) in [6.07, 6.45) is 0.480. The number of hydrogen-bond acceptors (Lipinski definition) is 3. The van der Waals surface area contributed by atoms with E-state index in [0.29, 0.717) is 17.6 Å². The minimum absolute atomic E-state index is 0.0796. The van der Waals surface area contributed by atoms with Gasteiger partial charge < -0.3 is 15.3 Å². The van der Waals surface area contributed by atoms with Crippen molar-refractivity contribution in [3.63, 3.8) is 0 Å². The summed E-state index contributed by atoms with van der Waals surface area (Å²) in [6.45, 7) is 1.53. The molecule has 0 aromatic carbocycles. The summed E-state index contributed by atoms with van der Waals surface area (Å²) >= 11 is 0. The Balaban J connectivity index is 2.89. The average Bonchev–Trinajstić information content (AvgIpc) is 2.17. The fourth-order valence-electron chi connectivity index (χ4n) is 0.988. The first-order chi connectivity index (χ1) is 4.66. The predicted molar refractivity (Wildman–Crippen MR) is 36.7 cm³/mol. The SMILES string of the molecule is CC1=C(O)C(O)=C(CO)C1. The summed E-state index contributed by atoms with van der Waals surface area (Å²) in [5, 5.41) is 26.7. The first-order valence-electron chi connectivity index (χ1n) is 3.07. The number of rotatable bonds is 1. The van der Waals surface area contributed by atoms with Gasteiger partial charge in [-0.25, -0.2) is 0 Å². The van der Waals surface area contributed by atoms with Crippen molar-refractivity contribution >= 4 is 0 Å². The van der Waals surface area contributed by atoms with E-state index in [1.165, 1.54) is 0 Å². The number of allylic oxidation sites excluding steroid dienone is 1. The third kappa shape index (κ3) is 0.885. The lowest BCUT2D eigenvalue weighted by Crippen LogP contribution is -1.91. The van der Waals surface area contributed by atoms with Crippen LogP contribution in [0.15, 0.2) is 22.7 Å². The van der Waals surface area contributed by atoms with E-state index in [4.69, 9.17) is 15.3 Å². The molecule has 10 heavy (non-hydrogen) atoms. The third-order valence-electron chi connectivity index (χ3n) is 1.63. The van der Waals surface area contributed by atoms with E-state index in [1.807, 2.05) is 0 Å². The highest BCUT2D eigenvalue weighted by atomic mass is 16.3. The molecule has 0 atom stereocenters. The molecule has 0 radical (unpaired) electrons. The molecule has 3 heteroatoms. The minimum atomic E-state index is -0.187. The van der Waals surface area contributed by atoms with Crippen LogP contribution in [0.1, 0.15) is 13.3 Å². The fourth-order valence-corrected chi connectivity index (χ4v) is 0.988. The van der Waals surface area contributed by atoms with E-state index in [1.54, 1.807) is 6.92 Å². The van der Waals surface area contributed by atoms with Crippen LogP contribution in [0.5, 0.6) is 0 Å². The average molecular weight is 142 g/mol. The van der Waals surface area contributed by atoms with Crippen molar-refractivity contribution in [2.24, 2.45) is 0 Å². The van der Waals surface area contributed by atoms with Gasteiger partial charge in [0, 0.05) is 5.57 Å². The third-order valence-corrected chi connectivity index (χ3v) is 1.63. The minimum Gasteiger partial charge on any atom is -0.504 e. The summed E-state index contributed by atoms with van der Waals surface area (Å²) in [4.78, 5) is 0. The highest BCUT2D eigenvalue weighted by Gasteiger charge is 2.19. The molecule has 56 valence electrons. The second-order valence-corrected chi connectivity index (χ2v) is 2.42. The normalized spacial score (nSPS) is 19.0. The molecule has 1 aliphatic carbocycles. The lowest BCUT2D eigenvalue weighted by Gasteiger charge is -1.95.